The summed E-state index contributed by atoms with van der Waals surface area (Å²) in [5, 5.41) is 4.15. The molecular formula is C16H16BrClFN. The lowest BCUT2D eigenvalue weighted by molar-refractivity contribution is 0.541. The normalized spacial score (nSPS) is 12.4. The molecule has 0 aliphatic carbocycles. The zero-order chi connectivity index (χ0) is 14.5. The van der Waals surface area contributed by atoms with E-state index in [1.807, 2.05) is 24.3 Å². The van der Waals surface area contributed by atoms with Crippen molar-refractivity contribution in [2.24, 2.45) is 0 Å². The van der Waals surface area contributed by atoms with Gasteiger partial charge in [0.15, 0.2) is 0 Å². The third-order valence-corrected chi connectivity index (χ3v) is 4.13. The van der Waals surface area contributed by atoms with Crippen LogP contribution in [-0.4, -0.2) is 6.04 Å². The molecule has 0 aliphatic heterocycles. The van der Waals surface area contributed by atoms with Gasteiger partial charge in [-0.1, -0.05) is 39.7 Å². The Labute approximate surface area is 132 Å². The topological polar surface area (TPSA) is 12.0 Å². The highest BCUT2D eigenvalue weighted by Crippen LogP contribution is 2.18. The Kier molecular flexibility index (Phi) is 5.58. The highest BCUT2D eigenvalue weighted by molar-refractivity contribution is 9.10. The molecule has 4 heteroatoms. The number of halogens is 3. The van der Waals surface area contributed by atoms with E-state index in [2.05, 4.69) is 28.2 Å². The lowest BCUT2D eigenvalue weighted by atomic mass is 10.1. The zero-order valence-corrected chi connectivity index (χ0v) is 13.5. The first kappa shape index (κ1) is 15.5. The van der Waals surface area contributed by atoms with Crippen molar-refractivity contribution in [1.29, 1.82) is 0 Å². The molecule has 0 aromatic heterocycles. The van der Waals surface area contributed by atoms with Gasteiger partial charge in [-0.15, -0.1) is 0 Å². The van der Waals surface area contributed by atoms with Gasteiger partial charge >= 0.3 is 0 Å². The van der Waals surface area contributed by atoms with Crippen molar-refractivity contribution in [3.63, 3.8) is 0 Å². The smallest absolute Gasteiger partial charge is 0.123 e. The van der Waals surface area contributed by atoms with Crippen LogP contribution in [0.1, 0.15) is 18.1 Å². The lowest BCUT2D eigenvalue weighted by Crippen LogP contribution is -2.27. The Balaban J connectivity index is 1.90. The summed E-state index contributed by atoms with van der Waals surface area (Å²) in [5.74, 6) is -0.213. The molecule has 0 fully saturated rings. The first-order valence-corrected chi connectivity index (χ1v) is 7.63. The van der Waals surface area contributed by atoms with E-state index in [-0.39, 0.29) is 5.82 Å². The van der Waals surface area contributed by atoms with Crippen LogP contribution in [0.3, 0.4) is 0 Å². The Hall–Kier alpha value is -0.900. The summed E-state index contributed by atoms with van der Waals surface area (Å²) in [4.78, 5) is 0. The maximum Gasteiger partial charge on any atom is 0.123 e. The van der Waals surface area contributed by atoms with Crippen LogP contribution in [0.25, 0.3) is 0 Å². The van der Waals surface area contributed by atoms with E-state index in [4.69, 9.17) is 11.6 Å². The van der Waals surface area contributed by atoms with Crippen molar-refractivity contribution in [3.8, 4) is 0 Å². The van der Waals surface area contributed by atoms with E-state index in [9.17, 15) is 4.39 Å². The molecule has 2 aromatic rings. The fourth-order valence-corrected chi connectivity index (χ4v) is 2.52. The highest BCUT2D eigenvalue weighted by Gasteiger charge is 2.06. The van der Waals surface area contributed by atoms with Gasteiger partial charge in [-0.2, -0.15) is 0 Å². The molecule has 1 unspecified atom stereocenters. The van der Waals surface area contributed by atoms with Gasteiger partial charge in [-0.3, -0.25) is 0 Å². The van der Waals surface area contributed by atoms with Crippen molar-refractivity contribution >= 4 is 27.5 Å². The van der Waals surface area contributed by atoms with E-state index >= 15 is 0 Å². The molecule has 0 spiro atoms. The summed E-state index contributed by atoms with van der Waals surface area (Å²) in [5.41, 5.74) is 2.15. The van der Waals surface area contributed by atoms with Crippen LogP contribution in [0.15, 0.2) is 46.9 Å². The maximum absolute atomic E-state index is 13.2. The Morgan fingerprint density at radius 1 is 1.20 bits per heavy atom. The molecule has 0 aliphatic rings. The SMILES string of the molecule is CC(Cc1ccc(Cl)cc1)NCc1cc(F)ccc1Br. The first-order valence-electron chi connectivity index (χ1n) is 6.46. The minimum atomic E-state index is -0.213. The van der Waals surface area contributed by atoms with E-state index in [0.717, 1.165) is 21.5 Å². The maximum atomic E-state index is 13.2. The summed E-state index contributed by atoms with van der Waals surface area (Å²) in [6, 6.07) is 12.9. The quantitative estimate of drug-likeness (QED) is 0.798. The molecule has 1 N–H and O–H groups in total. The number of benzene rings is 2. The van der Waals surface area contributed by atoms with Gasteiger partial charge in [-0.05, 0) is 54.8 Å². The monoisotopic (exact) mass is 355 g/mol. The molecule has 1 atom stereocenters. The minimum absolute atomic E-state index is 0.213. The lowest BCUT2D eigenvalue weighted by Gasteiger charge is -2.15. The molecule has 0 saturated carbocycles. The molecule has 0 saturated heterocycles. The Morgan fingerprint density at radius 2 is 1.90 bits per heavy atom. The summed E-state index contributed by atoms with van der Waals surface area (Å²) in [6.45, 7) is 2.74. The largest absolute Gasteiger partial charge is 0.310 e. The van der Waals surface area contributed by atoms with Gasteiger partial charge in [0.2, 0.25) is 0 Å². The molecule has 0 heterocycles. The van der Waals surface area contributed by atoms with Gasteiger partial charge in [0.25, 0.3) is 0 Å². The number of hydrogen-bond acceptors (Lipinski definition) is 1. The second kappa shape index (κ2) is 7.21. The molecule has 106 valence electrons. The number of nitrogens with one attached hydrogen (secondary N) is 1. The minimum Gasteiger partial charge on any atom is -0.310 e. The van der Waals surface area contributed by atoms with Crippen molar-refractivity contribution in [2.45, 2.75) is 25.9 Å². The van der Waals surface area contributed by atoms with E-state index in [0.29, 0.717) is 12.6 Å². The summed E-state index contributed by atoms with van der Waals surface area (Å²) in [6.07, 6.45) is 0.907. The van der Waals surface area contributed by atoms with Crippen LogP contribution >= 0.6 is 27.5 Å². The van der Waals surface area contributed by atoms with Crippen LogP contribution in [0.4, 0.5) is 4.39 Å². The molecule has 2 rings (SSSR count). The Morgan fingerprint density at radius 3 is 2.60 bits per heavy atom. The second-order valence-corrected chi connectivity index (χ2v) is 6.14. The van der Waals surface area contributed by atoms with Gasteiger partial charge in [-0.25, -0.2) is 4.39 Å². The second-order valence-electron chi connectivity index (χ2n) is 4.85. The van der Waals surface area contributed by atoms with E-state index < -0.39 is 0 Å². The van der Waals surface area contributed by atoms with Gasteiger partial charge in [0.1, 0.15) is 5.82 Å². The molecule has 20 heavy (non-hydrogen) atoms. The zero-order valence-electron chi connectivity index (χ0n) is 11.2. The highest BCUT2D eigenvalue weighted by atomic mass is 79.9. The van der Waals surface area contributed by atoms with Crippen molar-refractivity contribution in [3.05, 3.63) is 68.9 Å². The predicted molar refractivity (Wildman–Crippen MR) is 85.6 cm³/mol. The first-order chi connectivity index (χ1) is 9.54. The summed E-state index contributed by atoms with van der Waals surface area (Å²) < 4.78 is 14.1. The van der Waals surface area contributed by atoms with Crippen molar-refractivity contribution < 1.29 is 4.39 Å². The van der Waals surface area contributed by atoms with Crippen molar-refractivity contribution in [2.75, 3.05) is 0 Å². The number of rotatable bonds is 5. The predicted octanol–water partition coefficient (Wildman–Crippen LogP) is 4.96. The average molecular weight is 357 g/mol. The fraction of sp³-hybridized carbons (Fsp3) is 0.250. The van der Waals surface area contributed by atoms with Crippen LogP contribution in [0, 0.1) is 5.82 Å². The Bertz CT molecular complexity index is 571. The van der Waals surface area contributed by atoms with Crippen molar-refractivity contribution in [1.82, 2.24) is 5.32 Å². The molecule has 2 aromatic carbocycles. The van der Waals surface area contributed by atoms with Gasteiger partial charge in [0.05, 0.1) is 0 Å². The average Bonchev–Trinajstić information content (AvgIpc) is 2.42. The molecule has 0 bridgehead atoms. The van der Waals surface area contributed by atoms with Crippen LogP contribution in [0.2, 0.25) is 5.02 Å². The van der Waals surface area contributed by atoms with Gasteiger partial charge in [0, 0.05) is 22.1 Å². The standard InChI is InChI=1S/C16H16BrClFN/c1-11(8-12-2-4-14(18)5-3-12)20-10-13-9-15(19)6-7-16(13)17/h2-7,9,11,20H,8,10H2,1H3. The van der Waals surface area contributed by atoms with Gasteiger partial charge < -0.3 is 5.32 Å². The van der Waals surface area contributed by atoms with Crippen LogP contribution < -0.4 is 5.32 Å². The van der Waals surface area contributed by atoms with Crippen LogP contribution in [-0.2, 0) is 13.0 Å². The molecule has 1 nitrogen and oxygen atoms in total. The summed E-state index contributed by atoms with van der Waals surface area (Å²) >= 11 is 9.30. The number of hydrogen-bond donors (Lipinski definition) is 1. The van der Waals surface area contributed by atoms with E-state index in [1.165, 1.54) is 11.6 Å². The third kappa shape index (κ3) is 4.58. The third-order valence-electron chi connectivity index (χ3n) is 3.10. The van der Waals surface area contributed by atoms with Crippen LogP contribution in [0.5, 0.6) is 0 Å². The molecular weight excluding hydrogens is 341 g/mol. The molecule has 0 amide bonds. The van der Waals surface area contributed by atoms with E-state index in [1.54, 1.807) is 12.1 Å². The molecule has 0 radical (unpaired) electrons. The summed E-state index contributed by atoms with van der Waals surface area (Å²) in [7, 11) is 0. The fourth-order valence-electron chi connectivity index (χ4n) is 2.01.